The molecule has 14 heavy (non-hydrogen) atoms. The van der Waals surface area contributed by atoms with E-state index in [1.165, 1.54) is 12.1 Å². The molecule has 0 aromatic heterocycles. The van der Waals surface area contributed by atoms with Crippen LogP contribution in [0.4, 0.5) is 4.39 Å². The fourth-order valence-corrected chi connectivity index (χ4v) is 1.25. The van der Waals surface area contributed by atoms with Crippen molar-refractivity contribution in [2.75, 3.05) is 13.1 Å². The van der Waals surface area contributed by atoms with Crippen LogP contribution in [0.5, 0.6) is 0 Å². The molecule has 0 heterocycles. The predicted molar refractivity (Wildman–Crippen MR) is 52.5 cm³/mol. The van der Waals surface area contributed by atoms with Crippen LogP contribution in [0.15, 0.2) is 18.2 Å². The van der Waals surface area contributed by atoms with Gasteiger partial charge in [-0.2, -0.15) is 0 Å². The zero-order chi connectivity index (χ0) is 10.6. The Labute approximate surface area is 83.3 Å². The Balaban J connectivity index is 2.88. The summed E-state index contributed by atoms with van der Waals surface area (Å²) >= 11 is 0. The largest absolute Gasteiger partial charge is 0.339 e. The van der Waals surface area contributed by atoms with Gasteiger partial charge in [0.15, 0.2) is 0 Å². The summed E-state index contributed by atoms with van der Waals surface area (Å²) in [6.07, 6.45) is 0. The van der Waals surface area contributed by atoms with E-state index in [0.29, 0.717) is 13.1 Å². The van der Waals surface area contributed by atoms with Crippen molar-refractivity contribution >= 4 is 5.91 Å². The molecule has 0 N–H and O–H groups in total. The molecular formula is C11H13FNO. The van der Waals surface area contributed by atoms with E-state index >= 15 is 0 Å². The van der Waals surface area contributed by atoms with E-state index in [2.05, 4.69) is 6.07 Å². The van der Waals surface area contributed by atoms with Crippen molar-refractivity contribution in [3.8, 4) is 0 Å². The monoisotopic (exact) mass is 194 g/mol. The molecule has 2 nitrogen and oxygen atoms in total. The van der Waals surface area contributed by atoms with E-state index in [-0.39, 0.29) is 11.5 Å². The van der Waals surface area contributed by atoms with Crippen LogP contribution in [-0.4, -0.2) is 23.9 Å². The molecule has 0 aliphatic carbocycles. The predicted octanol–water partition coefficient (Wildman–Crippen LogP) is 2.11. The Kier molecular flexibility index (Phi) is 3.63. The molecule has 75 valence electrons. The van der Waals surface area contributed by atoms with Gasteiger partial charge in [0.1, 0.15) is 5.82 Å². The highest BCUT2D eigenvalue weighted by Crippen LogP contribution is 2.06. The second-order valence-electron chi connectivity index (χ2n) is 2.89. The number of hydrogen-bond acceptors (Lipinski definition) is 1. The second-order valence-corrected chi connectivity index (χ2v) is 2.89. The van der Waals surface area contributed by atoms with Crippen molar-refractivity contribution in [1.82, 2.24) is 4.90 Å². The minimum absolute atomic E-state index is 0.172. The fraction of sp³-hybridized carbons (Fsp3) is 0.364. The summed E-state index contributed by atoms with van der Waals surface area (Å²) < 4.78 is 12.8. The molecule has 1 amide bonds. The Bertz CT molecular complexity index is 321. The second kappa shape index (κ2) is 4.74. The molecule has 1 aromatic carbocycles. The van der Waals surface area contributed by atoms with E-state index < -0.39 is 5.82 Å². The molecule has 1 aromatic rings. The first-order valence-electron chi connectivity index (χ1n) is 4.66. The first-order valence-corrected chi connectivity index (χ1v) is 4.66. The number of carbonyl (C=O) groups excluding carboxylic acids is 1. The van der Waals surface area contributed by atoms with Gasteiger partial charge in [0.25, 0.3) is 5.91 Å². The summed E-state index contributed by atoms with van der Waals surface area (Å²) in [7, 11) is 0. The topological polar surface area (TPSA) is 20.3 Å². The number of amides is 1. The summed E-state index contributed by atoms with van der Waals surface area (Å²) in [5.41, 5.74) is 0.286. The van der Waals surface area contributed by atoms with E-state index in [1.54, 1.807) is 11.0 Å². The van der Waals surface area contributed by atoms with Crippen molar-refractivity contribution in [2.45, 2.75) is 13.8 Å². The number of benzene rings is 1. The van der Waals surface area contributed by atoms with Gasteiger partial charge in [0.2, 0.25) is 0 Å². The van der Waals surface area contributed by atoms with Gasteiger partial charge in [-0.25, -0.2) is 4.39 Å². The van der Waals surface area contributed by atoms with Crippen LogP contribution in [-0.2, 0) is 0 Å². The molecule has 3 heteroatoms. The van der Waals surface area contributed by atoms with Crippen LogP contribution >= 0.6 is 0 Å². The summed E-state index contributed by atoms with van der Waals surface area (Å²) in [5.74, 6) is -0.669. The Morgan fingerprint density at radius 3 is 2.57 bits per heavy atom. The van der Waals surface area contributed by atoms with Crippen LogP contribution in [0, 0.1) is 11.9 Å². The van der Waals surface area contributed by atoms with Gasteiger partial charge >= 0.3 is 0 Å². The van der Waals surface area contributed by atoms with Crippen LogP contribution in [0.25, 0.3) is 0 Å². The molecule has 0 fully saturated rings. The van der Waals surface area contributed by atoms with Crippen LogP contribution in [0.2, 0.25) is 0 Å². The molecule has 1 rings (SSSR count). The van der Waals surface area contributed by atoms with Crippen molar-refractivity contribution in [1.29, 1.82) is 0 Å². The smallest absolute Gasteiger partial charge is 0.254 e. The van der Waals surface area contributed by atoms with Crippen LogP contribution < -0.4 is 0 Å². The van der Waals surface area contributed by atoms with Gasteiger partial charge in [-0.3, -0.25) is 4.79 Å². The molecule has 0 saturated heterocycles. The van der Waals surface area contributed by atoms with Gasteiger partial charge in [-0.05, 0) is 26.0 Å². The quantitative estimate of drug-likeness (QED) is 0.721. The number of carbonyl (C=O) groups is 1. The van der Waals surface area contributed by atoms with E-state index in [1.807, 2.05) is 13.8 Å². The van der Waals surface area contributed by atoms with Crippen molar-refractivity contribution in [3.63, 3.8) is 0 Å². The van der Waals surface area contributed by atoms with Gasteiger partial charge in [-0.15, -0.1) is 0 Å². The molecule has 0 unspecified atom stereocenters. The molecular weight excluding hydrogens is 181 g/mol. The molecule has 0 atom stereocenters. The normalized spacial score (nSPS) is 9.93. The van der Waals surface area contributed by atoms with E-state index in [0.717, 1.165) is 0 Å². The average Bonchev–Trinajstić information content (AvgIpc) is 2.19. The highest BCUT2D eigenvalue weighted by Gasteiger charge is 2.12. The number of rotatable bonds is 3. The lowest BCUT2D eigenvalue weighted by molar-refractivity contribution is 0.0772. The van der Waals surface area contributed by atoms with E-state index in [9.17, 15) is 9.18 Å². The van der Waals surface area contributed by atoms with Crippen molar-refractivity contribution < 1.29 is 9.18 Å². The maximum atomic E-state index is 12.8. The maximum absolute atomic E-state index is 12.8. The molecule has 1 radical (unpaired) electrons. The summed E-state index contributed by atoms with van der Waals surface area (Å²) in [4.78, 5) is 13.3. The SMILES string of the molecule is CCN(CC)C(=O)c1[c]c(F)ccc1. The maximum Gasteiger partial charge on any atom is 0.254 e. The summed E-state index contributed by atoms with van der Waals surface area (Å²) in [5, 5.41) is 0. The Morgan fingerprint density at radius 1 is 1.43 bits per heavy atom. The lowest BCUT2D eigenvalue weighted by atomic mass is 10.2. The molecule has 0 aliphatic rings. The Hall–Kier alpha value is -1.38. The third-order valence-corrected chi connectivity index (χ3v) is 2.04. The highest BCUT2D eigenvalue weighted by atomic mass is 19.1. The minimum atomic E-state index is -0.497. The third-order valence-electron chi connectivity index (χ3n) is 2.04. The van der Waals surface area contributed by atoms with Gasteiger partial charge in [0.05, 0.1) is 5.56 Å². The molecule has 0 saturated carbocycles. The van der Waals surface area contributed by atoms with Crippen LogP contribution in [0.1, 0.15) is 24.2 Å². The van der Waals surface area contributed by atoms with E-state index in [4.69, 9.17) is 0 Å². The highest BCUT2D eigenvalue weighted by molar-refractivity contribution is 5.93. The zero-order valence-corrected chi connectivity index (χ0v) is 8.38. The van der Waals surface area contributed by atoms with Gasteiger partial charge in [0, 0.05) is 19.2 Å². The Morgan fingerprint density at radius 2 is 2.07 bits per heavy atom. The number of nitrogens with zero attached hydrogens (tertiary/aromatic N) is 1. The lowest BCUT2D eigenvalue weighted by Crippen LogP contribution is -2.30. The molecule has 0 aliphatic heterocycles. The number of halogens is 1. The zero-order valence-electron chi connectivity index (χ0n) is 8.38. The fourth-order valence-electron chi connectivity index (χ4n) is 1.25. The van der Waals surface area contributed by atoms with Crippen LogP contribution in [0.3, 0.4) is 0 Å². The minimum Gasteiger partial charge on any atom is -0.339 e. The summed E-state index contributed by atoms with van der Waals surface area (Å²) in [6, 6.07) is 6.76. The lowest BCUT2D eigenvalue weighted by Gasteiger charge is -2.18. The standard InChI is InChI=1S/C11H13FNO/c1-3-13(4-2)11(14)9-6-5-7-10(12)8-9/h5-7H,3-4H2,1-2H3. The van der Waals surface area contributed by atoms with Crippen molar-refractivity contribution in [2.24, 2.45) is 0 Å². The number of hydrogen-bond donors (Lipinski definition) is 0. The van der Waals surface area contributed by atoms with Gasteiger partial charge < -0.3 is 4.90 Å². The third kappa shape index (κ3) is 2.31. The molecule has 0 spiro atoms. The van der Waals surface area contributed by atoms with Crippen molar-refractivity contribution in [3.05, 3.63) is 35.6 Å². The first-order chi connectivity index (χ1) is 6.69. The van der Waals surface area contributed by atoms with Gasteiger partial charge in [-0.1, -0.05) is 6.07 Å². The first kappa shape index (κ1) is 10.7. The molecule has 0 bridgehead atoms. The summed E-state index contributed by atoms with van der Waals surface area (Å²) in [6.45, 7) is 5.03. The average molecular weight is 194 g/mol.